The molecule has 0 spiro atoms. The number of benzene rings is 2. The number of aromatic nitrogens is 1. The third-order valence-electron chi connectivity index (χ3n) is 4.73. The Morgan fingerprint density at radius 2 is 1.91 bits per heavy atom. The summed E-state index contributed by atoms with van der Waals surface area (Å²) in [6.07, 6.45) is 3.03. The van der Waals surface area contributed by atoms with E-state index in [1.54, 1.807) is 48.7 Å². The second-order valence-corrected chi connectivity index (χ2v) is 9.24. The molecule has 2 aromatic carbocycles. The normalized spacial score (nSPS) is 10.7. The number of nitriles is 1. The standard InChI is InChI=1S/C24H22ClN5O3S/c1-2-15-30(20-8-4-3-5-9-20)34(32,33)22-16-18(10-11-21(22)25)24(31)29-14-13-28-23-19(17-26)7-6-12-27-23/h2-12,16H,1,13-15H2,(H,27,28)(H,29,31). The number of nitrogens with one attached hydrogen (secondary N) is 2. The molecule has 0 unspecified atom stereocenters. The number of rotatable bonds is 10. The average Bonchev–Trinajstić information content (AvgIpc) is 2.85. The van der Waals surface area contributed by atoms with Crippen molar-refractivity contribution in [1.82, 2.24) is 10.3 Å². The highest BCUT2D eigenvalue weighted by molar-refractivity contribution is 7.93. The Balaban J connectivity index is 1.75. The van der Waals surface area contributed by atoms with Crippen molar-refractivity contribution < 1.29 is 13.2 Å². The Kier molecular flexibility index (Phi) is 8.24. The fourth-order valence-corrected chi connectivity index (χ4v) is 5.05. The van der Waals surface area contributed by atoms with Crippen molar-refractivity contribution >= 4 is 39.0 Å². The van der Waals surface area contributed by atoms with Crippen LogP contribution in [0.4, 0.5) is 11.5 Å². The summed E-state index contributed by atoms with van der Waals surface area (Å²) in [5.41, 5.74) is 0.986. The van der Waals surface area contributed by atoms with Crippen LogP contribution in [-0.2, 0) is 10.0 Å². The number of hydrogen-bond acceptors (Lipinski definition) is 6. The summed E-state index contributed by atoms with van der Waals surface area (Å²) in [6, 6.07) is 18.0. The molecule has 0 atom stereocenters. The maximum atomic E-state index is 13.4. The summed E-state index contributed by atoms with van der Waals surface area (Å²) < 4.78 is 28.0. The van der Waals surface area contributed by atoms with Crippen LogP contribution in [0, 0.1) is 11.3 Å². The van der Waals surface area contributed by atoms with Gasteiger partial charge in [0, 0.05) is 24.8 Å². The van der Waals surface area contributed by atoms with Gasteiger partial charge in [0.15, 0.2) is 0 Å². The van der Waals surface area contributed by atoms with E-state index in [9.17, 15) is 13.2 Å². The highest BCUT2D eigenvalue weighted by Gasteiger charge is 2.27. The van der Waals surface area contributed by atoms with Crippen LogP contribution in [0.5, 0.6) is 0 Å². The van der Waals surface area contributed by atoms with Gasteiger partial charge in [-0.25, -0.2) is 13.4 Å². The highest BCUT2D eigenvalue weighted by Crippen LogP contribution is 2.29. The number of halogens is 1. The highest BCUT2D eigenvalue weighted by atomic mass is 35.5. The molecule has 1 aromatic heterocycles. The molecule has 0 saturated carbocycles. The zero-order valence-electron chi connectivity index (χ0n) is 18.1. The third-order valence-corrected chi connectivity index (χ3v) is 7.01. The molecule has 0 bridgehead atoms. The van der Waals surface area contributed by atoms with E-state index in [2.05, 4.69) is 22.2 Å². The fourth-order valence-electron chi connectivity index (χ4n) is 3.11. The van der Waals surface area contributed by atoms with Gasteiger partial charge in [-0.05, 0) is 42.5 Å². The minimum absolute atomic E-state index is 0.00222. The largest absolute Gasteiger partial charge is 0.367 e. The smallest absolute Gasteiger partial charge is 0.266 e. The lowest BCUT2D eigenvalue weighted by Crippen LogP contribution is -2.32. The van der Waals surface area contributed by atoms with Crippen LogP contribution in [0.3, 0.4) is 0 Å². The Hall–Kier alpha value is -3.87. The number of para-hydroxylation sites is 1. The molecule has 0 aliphatic rings. The van der Waals surface area contributed by atoms with E-state index >= 15 is 0 Å². The van der Waals surface area contributed by atoms with Gasteiger partial charge in [0.05, 0.1) is 22.8 Å². The molecule has 0 aliphatic carbocycles. The molecule has 2 N–H and O–H groups in total. The lowest BCUT2D eigenvalue weighted by molar-refractivity contribution is 0.0955. The minimum atomic E-state index is -4.07. The first-order chi connectivity index (χ1) is 16.4. The summed E-state index contributed by atoms with van der Waals surface area (Å²) in [7, 11) is -4.07. The average molecular weight is 496 g/mol. The van der Waals surface area contributed by atoms with Crippen molar-refractivity contribution in [2.75, 3.05) is 29.3 Å². The molecular formula is C24H22ClN5O3S. The topological polar surface area (TPSA) is 115 Å². The van der Waals surface area contributed by atoms with Crippen LogP contribution < -0.4 is 14.9 Å². The first-order valence-corrected chi connectivity index (χ1v) is 12.1. The van der Waals surface area contributed by atoms with Crippen molar-refractivity contribution in [2.24, 2.45) is 0 Å². The van der Waals surface area contributed by atoms with Crippen molar-refractivity contribution in [3.05, 3.63) is 95.7 Å². The predicted octanol–water partition coefficient (Wildman–Crippen LogP) is 3.83. The Morgan fingerprint density at radius 3 is 2.62 bits per heavy atom. The number of pyridine rings is 1. The van der Waals surface area contributed by atoms with Gasteiger partial charge in [0.2, 0.25) is 0 Å². The molecule has 1 heterocycles. The zero-order chi connectivity index (χ0) is 24.6. The summed E-state index contributed by atoms with van der Waals surface area (Å²) in [4.78, 5) is 16.6. The molecule has 8 nitrogen and oxygen atoms in total. The molecule has 0 radical (unpaired) electrons. The van der Waals surface area contributed by atoms with Gasteiger partial charge in [-0.1, -0.05) is 35.9 Å². The summed E-state index contributed by atoms with van der Waals surface area (Å²) in [5, 5.41) is 14.8. The Bertz CT molecular complexity index is 1320. The Morgan fingerprint density at radius 1 is 1.15 bits per heavy atom. The van der Waals surface area contributed by atoms with Crippen molar-refractivity contribution in [3.8, 4) is 6.07 Å². The molecule has 0 aliphatic heterocycles. The molecule has 3 aromatic rings. The van der Waals surface area contributed by atoms with Crippen LogP contribution in [0.25, 0.3) is 0 Å². The van der Waals surface area contributed by atoms with Crippen molar-refractivity contribution in [1.29, 1.82) is 5.26 Å². The van der Waals surface area contributed by atoms with Gasteiger partial charge in [0.1, 0.15) is 16.8 Å². The van der Waals surface area contributed by atoms with Gasteiger partial charge in [-0.2, -0.15) is 5.26 Å². The van der Waals surface area contributed by atoms with E-state index in [1.807, 2.05) is 6.07 Å². The summed E-state index contributed by atoms with van der Waals surface area (Å²) in [6.45, 7) is 4.21. The number of anilines is 2. The van der Waals surface area contributed by atoms with E-state index in [1.165, 1.54) is 28.6 Å². The molecule has 1 amide bonds. The molecule has 3 rings (SSSR count). The van der Waals surface area contributed by atoms with Gasteiger partial charge < -0.3 is 10.6 Å². The number of amides is 1. The predicted molar refractivity (Wildman–Crippen MR) is 132 cm³/mol. The minimum Gasteiger partial charge on any atom is -0.367 e. The SMILES string of the molecule is C=CCN(c1ccccc1)S(=O)(=O)c1cc(C(=O)NCCNc2ncccc2C#N)ccc1Cl. The Labute approximate surface area is 203 Å². The number of carbonyl (C=O) groups is 1. The fraction of sp³-hybridized carbons (Fsp3) is 0.125. The summed E-state index contributed by atoms with van der Waals surface area (Å²) in [5.74, 6) is -0.0474. The van der Waals surface area contributed by atoms with Crippen LogP contribution in [-0.4, -0.2) is 38.9 Å². The number of sulfonamides is 1. The number of nitrogens with zero attached hydrogens (tertiary/aromatic N) is 3. The number of hydrogen-bond donors (Lipinski definition) is 2. The number of carbonyl (C=O) groups excluding carboxylic acids is 1. The molecule has 10 heteroatoms. The second kappa shape index (κ2) is 11.3. The molecule has 174 valence electrons. The van der Waals surface area contributed by atoms with Gasteiger partial charge in [-0.3, -0.25) is 9.10 Å². The van der Waals surface area contributed by atoms with E-state index in [0.717, 1.165) is 0 Å². The third kappa shape index (κ3) is 5.73. The van der Waals surface area contributed by atoms with Crippen LogP contribution in [0.1, 0.15) is 15.9 Å². The first-order valence-electron chi connectivity index (χ1n) is 10.2. The van der Waals surface area contributed by atoms with E-state index < -0.39 is 15.9 Å². The van der Waals surface area contributed by atoms with Crippen molar-refractivity contribution in [2.45, 2.75) is 4.90 Å². The van der Waals surface area contributed by atoms with Crippen LogP contribution in [0.15, 0.2) is 84.4 Å². The van der Waals surface area contributed by atoms with Crippen LogP contribution >= 0.6 is 11.6 Å². The van der Waals surface area contributed by atoms with Gasteiger partial charge in [0.25, 0.3) is 15.9 Å². The van der Waals surface area contributed by atoms with E-state index in [4.69, 9.17) is 16.9 Å². The first kappa shape index (κ1) is 24.8. The monoisotopic (exact) mass is 495 g/mol. The summed E-state index contributed by atoms with van der Waals surface area (Å²) >= 11 is 6.23. The van der Waals surface area contributed by atoms with Crippen molar-refractivity contribution in [3.63, 3.8) is 0 Å². The molecular weight excluding hydrogens is 474 g/mol. The molecule has 34 heavy (non-hydrogen) atoms. The van der Waals surface area contributed by atoms with E-state index in [0.29, 0.717) is 23.6 Å². The molecule has 0 fully saturated rings. The lowest BCUT2D eigenvalue weighted by Gasteiger charge is -2.24. The van der Waals surface area contributed by atoms with E-state index in [-0.39, 0.29) is 28.6 Å². The second-order valence-electron chi connectivity index (χ2n) is 7.00. The quantitative estimate of drug-likeness (QED) is 0.326. The van der Waals surface area contributed by atoms with Gasteiger partial charge in [-0.15, -0.1) is 6.58 Å². The maximum Gasteiger partial charge on any atom is 0.266 e. The molecule has 0 saturated heterocycles. The zero-order valence-corrected chi connectivity index (χ0v) is 19.7. The van der Waals surface area contributed by atoms with Gasteiger partial charge >= 0.3 is 0 Å². The lowest BCUT2D eigenvalue weighted by atomic mass is 10.2. The maximum absolute atomic E-state index is 13.4. The van der Waals surface area contributed by atoms with Crippen LogP contribution in [0.2, 0.25) is 5.02 Å².